The van der Waals surface area contributed by atoms with Crippen LogP contribution in [0.4, 0.5) is 14.5 Å². The molecule has 2 aromatic rings. The minimum atomic E-state index is -0.659. The molecule has 0 saturated carbocycles. The van der Waals surface area contributed by atoms with Crippen LogP contribution in [0.15, 0.2) is 42.5 Å². The summed E-state index contributed by atoms with van der Waals surface area (Å²) in [6.45, 7) is 2.82. The summed E-state index contributed by atoms with van der Waals surface area (Å²) in [4.78, 5) is 0. The van der Waals surface area contributed by atoms with Crippen molar-refractivity contribution in [1.82, 2.24) is 5.32 Å². The maximum Gasteiger partial charge on any atom is 0.170 e. The molecule has 0 aliphatic carbocycles. The Morgan fingerprint density at radius 2 is 1.96 bits per heavy atom. The molecule has 128 valence electrons. The summed E-state index contributed by atoms with van der Waals surface area (Å²) in [7, 11) is 0. The molecule has 2 nitrogen and oxygen atoms in total. The Hall–Kier alpha value is -1.66. The van der Waals surface area contributed by atoms with Crippen molar-refractivity contribution in [3.8, 4) is 0 Å². The maximum absolute atomic E-state index is 13.5. The van der Waals surface area contributed by atoms with E-state index in [1.54, 1.807) is 0 Å². The minimum absolute atomic E-state index is 0.169. The molecule has 0 radical (unpaired) electrons. The Labute approximate surface area is 151 Å². The van der Waals surface area contributed by atoms with Crippen molar-refractivity contribution in [3.63, 3.8) is 0 Å². The van der Waals surface area contributed by atoms with Crippen molar-refractivity contribution >= 4 is 34.8 Å². The van der Waals surface area contributed by atoms with Crippen LogP contribution in [0.5, 0.6) is 0 Å². The third-order valence-corrected chi connectivity index (χ3v) is 4.79. The monoisotopic (exact) mass is 366 g/mol. The normalized spacial score (nSPS) is 10.5. The van der Waals surface area contributed by atoms with Crippen molar-refractivity contribution < 1.29 is 8.78 Å². The first-order valence-electron chi connectivity index (χ1n) is 7.68. The van der Waals surface area contributed by atoms with Gasteiger partial charge in [-0.25, -0.2) is 8.78 Å². The number of anilines is 1. The second-order valence-electron chi connectivity index (χ2n) is 5.34. The van der Waals surface area contributed by atoms with Gasteiger partial charge < -0.3 is 10.6 Å². The van der Waals surface area contributed by atoms with E-state index in [4.69, 9.17) is 12.2 Å². The predicted octanol–water partition coefficient (Wildman–Crippen LogP) is 4.88. The molecule has 0 aromatic heterocycles. The number of halogens is 2. The first-order valence-corrected chi connectivity index (χ1v) is 9.24. The number of nitrogens with one attached hydrogen (secondary N) is 2. The van der Waals surface area contributed by atoms with E-state index in [2.05, 4.69) is 35.8 Å². The zero-order chi connectivity index (χ0) is 17.4. The zero-order valence-electron chi connectivity index (χ0n) is 13.4. The molecule has 0 aliphatic heterocycles. The van der Waals surface area contributed by atoms with E-state index >= 15 is 0 Å². The molecular formula is C18H20F2N2S2. The molecule has 0 fully saturated rings. The highest BCUT2D eigenvalue weighted by Crippen LogP contribution is 2.16. The highest BCUT2D eigenvalue weighted by Gasteiger charge is 2.05. The van der Waals surface area contributed by atoms with E-state index < -0.39 is 11.6 Å². The summed E-state index contributed by atoms with van der Waals surface area (Å²) in [6.07, 6.45) is 0.949. The van der Waals surface area contributed by atoms with Crippen molar-refractivity contribution in [1.29, 1.82) is 0 Å². The Bertz CT molecular complexity index is 692. The summed E-state index contributed by atoms with van der Waals surface area (Å²) >= 11 is 6.99. The highest BCUT2D eigenvalue weighted by atomic mass is 32.2. The fourth-order valence-electron chi connectivity index (χ4n) is 2.09. The summed E-state index contributed by atoms with van der Waals surface area (Å²) in [5.41, 5.74) is 2.84. The molecule has 0 spiro atoms. The van der Waals surface area contributed by atoms with E-state index in [0.717, 1.165) is 24.0 Å². The number of aryl methyl sites for hydroxylation is 1. The van der Waals surface area contributed by atoms with Gasteiger partial charge >= 0.3 is 0 Å². The lowest BCUT2D eigenvalue weighted by molar-refractivity contribution is 0.586. The van der Waals surface area contributed by atoms with Gasteiger partial charge in [-0.15, -0.1) is 0 Å². The van der Waals surface area contributed by atoms with Crippen molar-refractivity contribution in [2.45, 2.75) is 19.1 Å². The van der Waals surface area contributed by atoms with Crippen LogP contribution in [0.25, 0.3) is 0 Å². The standard InChI is InChI=1S/C18H20F2N2S2/c1-13-5-2-3-6-14(13)12-24-10-4-9-21-18(23)22-17-8-7-15(19)11-16(17)20/h2-3,5-8,11H,4,9-10,12H2,1H3,(H2,21,22,23). The van der Waals surface area contributed by atoms with Gasteiger partial charge in [0.1, 0.15) is 11.6 Å². The summed E-state index contributed by atoms with van der Waals surface area (Å²) < 4.78 is 26.3. The zero-order valence-corrected chi connectivity index (χ0v) is 15.1. The van der Waals surface area contributed by atoms with Gasteiger partial charge in [-0.1, -0.05) is 24.3 Å². The Kier molecular flexibility index (Phi) is 7.46. The molecule has 2 N–H and O–H groups in total. The number of hydrogen-bond donors (Lipinski definition) is 2. The van der Waals surface area contributed by atoms with Crippen LogP contribution in [-0.2, 0) is 5.75 Å². The summed E-state index contributed by atoms with van der Waals surface area (Å²) in [5, 5.41) is 6.10. The Morgan fingerprint density at radius 1 is 1.17 bits per heavy atom. The van der Waals surface area contributed by atoms with E-state index in [0.29, 0.717) is 11.7 Å². The quantitative estimate of drug-likeness (QED) is 0.539. The van der Waals surface area contributed by atoms with Crippen LogP contribution in [-0.4, -0.2) is 17.4 Å². The fraction of sp³-hybridized carbons (Fsp3) is 0.278. The summed E-state index contributed by atoms with van der Waals surface area (Å²) in [5.74, 6) is 0.737. The van der Waals surface area contributed by atoms with Gasteiger partial charge in [0.15, 0.2) is 5.11 Å². The third kappa shape index (κ3) is 6.09. The Balaban J connectivity index is 1.62. The van der Waals surface area contributed by atoms with Gasteiger partial charge in [0.05, 0.1) is 5.69 Å². The van der Waals surface area contributed by atoms with E-state index in [-0.39, 0.29) is 5.69 Å². The van der Waals surface area contributed by atoms with Gasteiger partial charge in [0.2, 0.25) is 0 Å². The molecule has 0 amide bonds. The number of thioether (sulfide) groups is 1. The third-order valence-electron chi connectivity index (χ3n) is 3.45. The van der Waals surface area contributed by atoms with Crippen LogP contribution < -0.4 is 10.6 Å². The average molecular weight is 367 g/mol. The van der Waals surface area contributed by atoms with Crippen LogP contribution in [0, 0.1) is 18.6 Å². The lowest BCUT2D eigenvalue weighted by Crippen LogP contribution is -2.29. The molecule has 0 unspecified atom stereocenters. The lowest BCUT2D eigenvalue weighted by atomic mass is 10.1. The van der Waals surface area contributed by atoms with E-state index in [9.17, 15) is 8.78 Å². The average Bonchev–Trinajstić information content (AvgIpc) is 2.55. The molecule has 2 aromatic carbocycles. The molecule has 0 saturated heterocycles. The van der Waals surface area contributed by atoms with Crippen LogP contribution in [0.3, 0.4) is 0 Å². The number of rotatable bonds is 7. The highest BCUT2D eigenvalue weighted by molar-refractivity contribution is 7.98. The van der Waals surface area contributed by atoms with Crippen LogP contribution in [0.2, 0.25) is 0 Å². The smallest absolute Gasteiger partial charge is 0.170 e. The molecule has 6 heteroatoms. The largest absolute Gasteiger partial charge is 0.362 e. The SMILES string of the molecule is Cc1ccccc1CSCCCNC(=S)Nc1ccc(F)cc1F. The van der Waals surface area contributed by atoms with Crippen LogP contribution in [0.1, 0.15) is 17.5 Å². The number of thiocarbonyl (C=S) groups is 1. The van der Waals surface area contributed by atoms with Gasteiger partial charge in [-0.05, 0) is 54.6 Å². The molecule has 2 rings (SSSR count). The summed E-state index contributed by atoms with van der Waals surface area (Å²) in [6, 6.07) is 11.7. The van der Waals surface area contributed by atoms with E-state index in [1.807, 2.05) is 17.8 Å². The fourth-order valence-corrected chi connectivity index (χ4v) is 3.34. The van der Waals surface area contributed by atoms with Gasteiger partial charge in [-0.2, -0.15) is 11.8 Å². The maximum atomic E-state index is 13.5. The molecular weight excluding hydrogens is 346 g/mol. The Morgan fingerprint density at radius 3 is 2.71 bits per heavy atom. The predicted molar refractivity (Wildman–Crippen MR) is 103 cm³/mol. The van der Waals surface area contributed by atoms with Gasteiger partial charge in [0.25, 0.3) is 0 Å². The molecule has 0 heterocycles. The molecule has 0 aliphatic rings. The molecule has 0 bridgehead atoms. The van der Waals surface area contributed by atoms with E-state index in [1.165, 1.54) is 23.3 Å². The second kappa shape index (κ2) is 9.59. The topological polar surface area (TPSA) is 24.1 Å². The number of benzene rings is 2. The lowest BCUT2D eigenvalue weighted by Gasteiger charge is -2.11. The first kappa shape index (κ1) is 18.7. The molecule has 0 atom stereocenters. The van der Waals surface area contributed by atoms with Gasteiger partial charge in [-0.3, -0.25) is 0 Å². The van der Waals surface area contributed by atoms with Crippen molar-refractivity contribution in [3.05, 3.63) is 65.2 Å². The number of hydrogen-bond acceptors (Lipinski definition) is 2. The first-order chi connectivity index (χ1) is 11.6. The van der Waals surface area contributed by atoms with Crippen molar-refractivity contribution in [2.75, 3.05) is 17.6 Å². The second-order valence-corrected chi connectivity index (χ2v) is 6.85. The van der Waals surface area contributed by atoms with Gasteiger partial charge in [0, 0.05) is 18.4 Å². The molecule has 24 heavy (non-hydrogen) atoms. The van der Waals surface area contributed by atoms with Crippen molar-refractivity contribution in [2.24, 2.45) is 0 Å². The van der Waals surface area contributed by atoms with Crippen LogP contribution >= 0.6 is 24.0 Å². The minimum Gasteiger partial charge on any atom is -0.362 e.